The third-order valence-electron chi connectivity index (χ3n) is 3.35. The average Bonchev–Trinajstić information content (AvgIpc) is 2.93. The van der Waals surface area contributed by atoms with E-state index in [1.54, 1.807) is 20.8 Å². The quantitative estimate of drug-likeness (QED) is 0.690. The highest BCUT2D eigenvalue weighted by atomic mass is 79.9. The van der Waals surface area contributed by atoms with Gasteiger partial charge in [-0.25, -0.2) is 32.0 Å². The molecule has 1 aromatic heterocycles. The highest BCUT2D eigenvalue weighted by Crippen LogP contribution is 2.21. The zero-order valence-electron chi connectivity index (χ0n) is 15.3. The molecule has 2 aromatic rings. The van der Waals surface area contributed by atoms with Gasteiger partial charge in [0, 0.05) is 12.6 Å². The van der Waals surface area contributed by atoms with Crippen LogP contribution in [0.25, 0.3) is 5.69 Å². The van der Waals surface area contributed by atoms with Crippen LogP contribution < -0.4 is 11.0 Å². The van der Waals surface area contributed by atoms with Crippen LogP contribution in [-0.2, 0) is 11.3 Å². The van der Waals surface area contributed by atoms with Gasteiger partial charge in [0.25, 0.3) is 0 Å². The SMILES string of the molecule is CC(C)(C)OC(=O)NCC(=CF)Cn1ncn(-c2cc(F)c(Br)cc2F)c1=O. The number of amides is 1. The zero-order chi connectivity index (χ0) is 21.1. The molecule has 0 unspecified atom stereocenters. The Morgan fingerprint density at radius 3 is 2.61 bits per heavy atom. The number of alkyl carbamates (subject to hydrolysis) is 1. The standard InChI is InChI=1S/C17H18BrF3N4O3/c1-17(2,3)28-15(26)22-7-10(6-19)8-25-16(27)24(9-23-25)14-5-12(20)11(18)4-13(14)21/h4-6,9H,7-8H2,1-3H3,(H,22,26). The lowest BCUT2D eigenvalue weighted by Crippen LogP contribution is -2.34. The second-order valence-corrected chi connectivity index (χ2v) is 7.64. The van der Waals surface area contributed by atoms with Gasteiger partial charge in [0.15, 0.2) is 0 Å². The number of hydrogen-bond acceptors (Lipinski definition) is 4. The van der Waals surface area contributed by atoms with Gasteiger partial charge in [0.2, 0.25) is 0 Å². The smallest absolute Gasteiger partial charge is 0.407 e. The van der Waals surface area contributed by atoms with Crippen molar-refractivity contribution in [2.45, 2.75) is 32.9 Å². The van der Waals surface area contributed by atoms with Gasteiger partial charge < -0.3 is 10.1 Å². The van der Waals surface area contributed by atoms with Crippen molar-refractivity contribution in [3.05, 3.63) is 57.0 Å². The minimum Gasteiger partial charge on any atom is -0.444 e. The van der Waals surface area contributed by atoms with Gasteiger partial charge in [-0.2, -0.15) is 5.10 Å². The number of ether oxygens (including phenoxy) is 1. The first kappa shape index (κ1) is 21.7. The molecule has 1 heterocycles. The Labute approximate surface area is 166 Å². The Bertz CT molecular complexity index is 964. The number of nitrogens with one attached hydrogen (secondary N) is 1. The van der Waals surface area contributed by atoms with E-state index in [2.05, 4.69) is 26.3 Å². The number of rotatable bonds is 5. The molecule has 1 amide bonds. The Hall–Kier alpha value is -2.56. The summed E-state index contributed by atoms with van der Waals surface area (Å²) in [7, 11) is 0. The van der Waals surface area contributed by atoms with Gasteiger partial charge >= 0.3 is 11.8 Å². The van der Waals surface area contributed by atoms with Crippen molar-refractivity contribution in [2.24, 2.45) is 0 Å². The Balaban J connectivity index is 2.14. The summed E-state index contributed by atoms with van der Waals surface area (Å²) in [4.78, 5) is 24.0. The molecule has 0 bridgehead atoms. The molecule has 0 radical (unpaired) electrons. The summed E-state index contributed by atoms with van der Waals surface area (Å²) in [6.45, 7) is 4.49. The Kier molecular flexibility index (Phi) is 6.70. The van der Waals surface area contributed by atoms with E-state index < -0.39 is 29.0 Å². The van der Waals surface area contributed by atoms with Gasteiger partial charge in [-0.3, -0.25) is 0 Å². The van der Waals surface area contributed by atoms with Crippen LogP contribution in [0.4, 0.5) is 18.0 Å². The summed E-state index contributed by atoms with van der Waals surface area (Å²) < 4.78 is 47.4. The Morgan fingerprint density at radius 1 is 1.32 bits per heavy atom. The molecule has 0 saturated heterocycles. The van der Waals surface area contributed by atoms with Crippen molar-refractivity contribution in [1.82, 2.24) is 19.7 Å². The molecule has 152 valence electrons. The summed E-state index contributed by atoms with van der Waals surface area (Å²) >= 11 is 2.85. The predicted molar refractivity (Wildman–Crippen MR) is 98.9 cm³/mol. The highest BCUT2D eigenvalue weighted by molar-refractivity contribution is 9.10. The molecule has 1 N–H and O–H groups in total. The molecule has 1 aromatic carbocycles. The van der Waals surface area contributed by atoms with Crippen LogP contribution in [-0.4, -0.2) is 32.6 Å². The van der Waals surface area contributed by atoms with Crippen molar-refractivity contribution in [1.29, 1.82) is 0 Å². The molecule has 0 spiro atoms. The molecule has 7 nitrogen and oxygen atoms in total. The summed E-state index contributed by atoms with van der Waals surface area (Å²) in [6, 6.07) is 1.72. The topological polar surface area (TPSA) is 78.2 Å². The Morgan fingerprint density at radius 2 is 2.00 bits per heavy atom. The first-order valence-corrected chi connectivity index (χ1v) is 8.85. The third-order valence-corrected chi connectivity index (χ3v) is 3.96. The summed E-state index contributed by atoms with van der Waals surface area (Å²) in [6.07, 6.45) is 0.464. The fourth-order valence-corrected chi connectivity index (χ4v) is 2.44. The molecular formula is C17H18BrF3N4O3. The number of hydrogen-bond donors (Lipinski definition) is 1. The maximum absolute atomic E-state index is 14.1. The molecular weight excluding hydrogens is 445 g/mol. The number of aromatic nitrogens is 3. The van der Waals surface area contributed by atoms with Crippen LogP contribution in [0.15, 0.2) is 39.6 Å². The summed E-state index contributed by atoms with van der Waals surface area (Å²) in [5.74, 6) is -1.61. The maximum atomic E-state index is 14.1. The lowest BCUT2D eigenvalue weighted by molar-refractivity contribution is 0.0532. The minimum atomic E-state index is -0.845. The number of benzene rings is 1. The number of carbonyl (C=O) groups is 1. The van der Waals surface area contributed by atoms with Crippen LogP contribution in [0, 0.1) is 11.6 Å². The van der Waals surface area contributed by atoms with Gasteiger partial charge in [-0.05, 0) is 48.3 Å². The molecule has 0 saturated carbocycles. The third kappa shape index (κ3) is 5.47. The molecule has 0 atom stereocenters. The fourth-order valence-electron chi connectivity index (χ4n) is 2.13. The number of nitrogens with zero attached hydrogens (tertiary/aromatic N) is 3. The average molecular weight is 463 g/mol. The van der Waals surface area contributed by atoms with Crippen LogP contribution in [0.5, 0.6) is 0 Å². The number of halogens is 4. The molecule has 0 aliphatic rings. The molecule has 11 heteroatoms. The van der Waals surface area contributed by atoms with E-state index in [-0.39, 0.29) is 35.2 Å². The summed E-state index contributed by atoms with van der Waals surface area (Å²) in [5.41, 5.74) is -1.85. The van der Waals surface area contributed by atoms with Crippen molar-refractivity contribution in [3.8, 4) is 5.69 Å². The molecule has 0 fully saturated rings. The van der Waals surface area contributed by atoms with E-state index in [9.17, 15) is 22.8 Å². The minimum absolute atomic E-state index is 0.0145. The first-order valence-electron chi connectivity index (χ1n) is 8.06. The number of carbonyl (C=O) groups excluding carboxylic acids is 1. The lowest BCUT2D eigenvalue weighted by atomic mass is 10.2. The van der Waals surface area contributed by atoms with Crippen molar-refractivity contribution in [3.63, 3.8) is 0 Å². The molecule has 0 aliphatic heterocycles. The van der Waals surface area contributed by atoms with Crippen LogP contribution in [0.2, 0.25) is 0 Å². The molecule has 2 rings (SSSR count). The second-order valence-electron chi connectivity index (χ2n) is 6.78. The largest absolute Gasteiger partial charge is 0.444 e. The van der Waals surface area contributed by atoms with Gasteiger partial charge in [-0.15, -0.1) is 0 Å². The first-order chi connectivity index (χ1) is 13.0. The van der Waals surface area contributed by atoms with Crippen molar-refractivity contribution in [2.75, 3.05) is 6.54 Å². The van der Waals surface area contributed by atoms with E-state index in [1.165, 1.54) is 0 Å². The molecule has 0 aliphatic carbocycles. The van der Waals surface area contributed by atoms with E-state index >= 15 is 0 Å². The maximum Gasteiger partial charge on any atom is 0.407 e. The second kappa shape index (κ2) is 8.63. The normalized spacial score (nSPS) is 12.2. The van der Waals surface area contributed by atoms with E-state index in [0.717, 1.165) is 27.7 Å². The van der Waals surface area contributed by atoms with Gasteiger partial charge in [0.05, 0.1) is 23.0 Å². The van der Waals surface area contributed by atoms with E-state index in [4.69, 9.17) is 4.74 Å². The summed E-state index contributed by atoms with van der Waals surface area (Å²) in [5, 5.41) is 6.13. The van der Waals surface area contributed by atoms with E-state index in [1.807, 2.05) is 0 Å². The monoisotopic (exact) mass is 462 g/mol. The van der Waals surface area contributed by atoms with Gasteiger partial charge in [0.1, 0.15) is 23.6 Å². The van der Waals surface area contributed by atoms with Crippen molar-refractivity contribution >= 4 is 22.0 Å². The van der Waals surface area contributed by atoms with E-state index in [0.29, 0.717) is 0 Å². The predicted octanol–water partition coefficient (Wildman–Crippen LogP) is 3.45. The fraction of sp³-hybridized carbons (Fsp3) is 0.353. The zero-order valence-corrected chi connectivity index (χ0v) is 16.9. The van der Waals surface area contributed by atoms with Gasteiger partial charge in [-0.1, -0.05) is 0 Å². The van der Waals surface area contributed by atoms with Crippen LogP contribution in [0.1, 0.15) is 20.8 Å². The highest BCUT2D eigenvalue weighted by Gasteiger charge is 2.17. The lowest BCUT2D eigenvalue weighted by Gasteiger charge is -2.19. The van der Waals surface area contributed by atoms with Crippen LogP contribution >= 0.6 is 15.9 Å². The van der Waals surface area contributed by atoms with Crippen molar-refractivity contribution < 1.29 is 22.7 Å². The molecule has 28 heavy (non-hydrogen) atoms. The van der Waals surface area contributed by atoms with Crippen LogP contribution in [0.3, 0.4) is 0 Å².